The number of hydrogen-bond donors (Lipinski definition) is 0. The highest BCUT2D eigenvalue weighted by Crippen LogP contribution is 2.28. The second-order valence-electron chi connectivity index (χ2n) is 4.53. The minimum Gasteiger partial charge on any atom is -0.454 e. The van der Waals surface area contributed by atoms with Gasteiger partial charge in [-0.3, -0.25) is 0 Å². The van der Waals surface area contributed by atoms with Crippen LogP contribution in [0, 0.1) is 5.82 Å². The van der Waals surface area contributed by atoms with Crippen LogP contribution in [0.3, 0.4) is 0 Å². The second kappa shape index (κ2) is 5.32. The summed E-state index contributed by atoms with van der Waals surface area (Å²) in [5.41, 5.74) is 1.35. The monoisotopic (exact) mass is 334 g/mol. The van der Waals surface area contributed by atoms with Gasteiger partial charge in [-0.05, 0) is 46.6 Å². The largest absolute Gasteiger partial charge is 0.454 e. The number of aromatic nitrogens is 2. The fraction of sp³-hybridized carbons (Fsp3) is 0.200. The normalized spacial score (nSPS) is 11.2. The minimum atomic E-state index is -0.277. The number of halogens is 2. The van der Waals surface area contributed by atoms with Gasteiger partial charge in [-0.2, -0.15) is 0 Å². The Bertz CT molecular complexity index is 770. The minimum absolute atomic E-state index is 0.277. The highest BCUT2D eigenvalue weighted by molar-refractivity contribution is 9.10. The van der Waals surface area contributed by atoms with Gasteiger partial charge in [0.15, 0.2) is 5.76 Å². The first-order chi connectivity index (χ1) is 9.65. The molecular formula is C15H12BrFN2O. The van der Waals surface area contributed by atoms with E-state index in [4.69, 9.17) is 4.42 Å². The van der Waals surface area contributed by atoms with Crippen LogP contribution in [0.25, 0.3) is 22.4 Å². The van der Waals surface area contributed by atoms with Gasteiger partial charge in [-0.1, -0.05) is 6.92 Å². The first-order valence-corrected chi connectivity index (χ1v) is 7.18. The number of hydrogen-bond acceptors (Lipinski definition) is 3. The Morgan fingerprint density at radius 2 is 2.05 bits per heavy atom. The number of furan rings is 1. The molecule has 0 aliphatic heterocycles. The van der Waals surface area contributed by atoms with Crippen LogP contribution in [0.5, 0.6) is 0 Å². The van der Waals surface area contributed by atoms with Gasteiger partial charge in [0.05, 0.1) is 0 Å². The lowest BCUT2D eigenvalue weighted by atomic mass is 10.2. The van der Waals surface area contributed by atoms with Crippen molar-refractivity contribution in [1.82, 2.24) is 9.97 Å². The fourth-order valence-electron chi connectivity index (χ4n) is 2.07. The van der Waals surface area contributed by atoms with Crippen molar-refractivity contribution in [1.29, 1.82) is 0 Å². The van der Waals surface area contributed by atoms with E-state index >= 15 is 0 Å². The van der Waals surface area contributed by atoms with E-state index in [1.807, 2.05) is 0 Å². The molecule has 0 N–H and O–H groups in total. The summed E-state index contributed by atoms with van der Waals surface area (Å²) < 4.78 is 19.6. The van der Waals surface area contributed by atoms with E-state index < -0.39 is 0 Å². The number of nitrogens with zero attached hydrogens (tertiary/aromatic N) is 2. The van der Waals surface area contributed by atoms with Crippen molar-refractivity contribution in [3.05, 3.63) is 46.6 Å². The molecule has 0 aliphatic rings. The molecule has 0 radical (unpaired) electrons. The predicted molar refractivity (Wildman–Crippen MR) is 78.9 cm³/mol. The molecule has 20 heavy (non-hydrogen) atoms. The van der Waals surface area contributed by atoms with Crippen molar-refractivity contribution >= 4 is 26.9 Å². The maximum Gasteiger partial charge on any atom is 0.153 e. The summed E-state index contributed by atoms with van der Waals surface area (Å²) in [7, 11) is 0. The van der Waals surface area contributed by atoms with E-state index in [1.165, 1.54) is 12.1 Å². The Balaban J connectivity index is 2.10. The van der Waals surface area contributed by atoms with Crippen molar-refractivity contribution in [2.24, 2.45) is 0 Å². The van der Waals surface area contributed by atoms with Crippen LogP contribution < -0.4 is 0 Å². The molecule has 0 saturated heterocycles. The molecule has 0 unspecified atom stereocenters. The van der Waals surface area contributed by atoms with Gasteiger partial charge in [-0.15, -0.1) is 0 Å². The summed E-state index contributed by atoms with van der Waals surface area (Å²) >= 11 is 3.38. The van der Waals surface area contributed by atoms with E-state index in [9.17, 15) is 4.39 Å². The Hall–Kier alpha value is -1.75. The van der Waals surface area contributed by atoms with Gasteiger partial charge >= 0.3 is 0 Å². The van der Waals surface area contributed by atoms with Gasteiger partial charge < -0.3 is 4.42 Å². The molecule has 5 heteroatoms. The summed E-state index contributed by atoms with van der Waals surface area (Å²) in [5, 5.41) is 0.728. The smallest absolute Gasteiger partial charge is 0.153 e. The maximum atomic E-state index is 13.2. The van der Waals surface area contributed by atoms with Crippen molar-refractivity contribution in [3.63, 3.8) is 0 Å². The summed E-state index contributed by atoms with van der Waals surface area (Å²) in [6, 6.07) is 8.05. The molecule has 3 rings (SSSR count). The highest BCUT2D eigenvalue weighted by atomic mass is 79.9. The van der Waals surface area contributed by atoms with Crippen LogP contribution >= 0.6 is 15.9 Å². The summed E-state index contributed by atoms with van der Waals surface area (Å²) in [6.07, 6.45) is 1.78. The molecular weight excluding hydrogens is 323 g/mol. The highest BCUT2D eigenvalue weighted by Gasteiger charge is 2.11. The first kappa shape index (κ1) is 13.2. The lowest BCUT2D eigenvalue weighted by Gasteiger charge is -2.01. The number of aryl methyl sites for hydroxylation is 1. The predicted octanol–water partition coefficient (Wildman–Crippen LogP) is 4.74. The van der Waals surface area contributed by atoms with Crippen LogP contribution in [0.1, 0.15) is 19.2 Å². The van der Waals surface area contributed by atoms with E-state index in [0.29, 0.717) is 17.0 Å². The number of fused-ring (bicyclic) bond motifs is 1. The average molecular weight is 335 g/mol. The lowest BCUT2D eigenvalue weighted by molar-refractivity contribution is 0.617. The third-order valence-corrected chi connectivity index (χ3v) is 3.35. The van der Waals surface area contributed by atoms with Crippen LogP contribution in [0.4, 0.5) is 4.39 Å². The van der Waals surface area contributed by atoms with E-state index in [1.54, 1.807) is 18.2 Å². The SMILES string of the molecule is CCCc1nc(Br)cc(-c2cc3cc(F)ccc3o2)n1. The third kappa shape index (κ3) is 2.58. The van der Waals surface area contributed by atoms with Crippen LogP contribution in [-0.4, -0.2) is 9.97 Å². The molecule has 2 aromatic heterocycles. The standard InChI is InChI=1S/C15H12BrFN2O/c1-2-3-15-18-11(8-14(16)19-15)13-7-9-6-10(17)4-5-12(9)20-13/h4-8H,2-3H2,1H3. The van der Waals surface area contributed by atoms with Crippen molar-refractivity contribution in [2.75, 3.05) is 0 Å². The zero-order valence-corrected chi connectivity index (χ0v) is 12.4. The first-order valence-electron chi connectivity index (χ1n) is 6.38. The van der Waals surface area contributed by atoms with Crippen LogP contribution in [0.15, 0.2) is 39.4 Å². The average Bonchev–Trinajstić information content (AvgIpc) is 2.81. The van der Waals surface area contributed by atoms with E-state index in [0.717, 1.165) is 28.7 Å². The molecule has 1 aromatic carbocycles. The maximum absolute atomic E-state index is 13.2. The second-order valence-corrected chi connectivity index (χ2v) is 5.35. The topological polar surface area (TPSA) is 38.9 Å². The Morgan fingerprint density at radius 1 is 1.20 bits per heavy atom. The van der Waals surface area contributed by atoms with Crippen LogP contribution in [0.2, 0.25) is 0 Å². The quantitative estimate of drug-likeness (QED) is 0.649. The van der Waals surface area contributed by atoms with Crippen molar-refractivity contribution in [3.8, 4) is 11.5 Å². The van der Waals surface area contributed by atoms with Gasteiger partial charge in [0.25, 0.3) is 0 Å². The molecule has 102 valence electrons. The zero-order chi connectivity index (χ0) is 14.1. The molecule has 0 atom stereocenters. The Morgan fingerprint density at radius 3 is 2.85 bits per heavy atom. The van der Waals surface area contributed by atoms with E-state index in [-0.39, 0.29) is 5.82 Å². The molecule has 0 bridgehead atoms. The summed E-state index contributed by atoms with van der Waals surface area (Å²) in [4.78, 5) is 8.80. The molecule has 0 fully saturated rings. The van der Waals surface area contributed by atoms with Gasteiger partial charge in [-0.25, -0.2) is 14.4 Å². The molecule has 0 saturated carbocycles. The molecule has 0 amide bonds. The summed E-state index contributed by atoms with van der Waals surface area (Å²) in [6.45, 7) is 2.08. The molecule has 2 heterocycles. The Kier molecular flexibility index (Phi) is 3.53. The zero-order valence-electron chi connectivity index (χ0n) is 10.9. The van der Waals surface area contributed by atoms with Gasteiger partial charge in [0.2, 0.25) is 0 Å². The van der Waals surface area contributed by atoms with E-state index in [2.05, 4.69) is 32.8 Å². The van der Waals surface area contributed by atoms with Crippen molar-refractivity contribution < 1.29 is 8.81 Å². The third-order valence-electron chi connectivity index (χ3n) is 2.95. The fourth-order valence-corrected chi connectivity index (χ4v) is 2.49. The molecule has 3 nitrogen and oxygen atoms in total. The van der Waals surface area contributed by atoms with Gasteiger partial charge in [0.1, 0.15) is 27.5 Å². The Labute approximate surface area is 124 Å². The molecule has 0 spiro atoms. The summed E-state index contributed by atoms with van der Waals surface area (Å²) in [5.74, 6) is 1.11. The van der Waals surface area contributed by atoms with Crippen LogP contribution in [-0.2, 0) is 6.42 Å². The molecule has 3 aromatic rings. The van der Waals surface area contributed by atoms with Gasteiger partial charge in [0, 0.05) is 17.9 Å². The van der Waals surface area contributed by atoms with Crippen molar-refractivity contribution in [2.45, 2.75) is 19.8 Å². The number of benzene rings is 1. The molecule has 0 aliphatic carbocycles. The number of rotatable bonds is 3. The lowest BCUT2D eigenvalue weighted by Crippen LogP contribution is -1.96.